The predicted octanol–water partition coefficient (Wildman–Crippen LogP) is 4.04. The molecule has 0 bridgehead atoms. The monoisotopic (exact) mass is 283 g/mol. The van der Waals surface area contributed by atoms with Crippen LogP contribution in [-0.4, -0.2) is 12.3 Å². The maximum atomic E-state index is 13.0. The van der Waals surface area contributed by atoms with Crippen LogP contribution < -0.4 is 5.32 Å². The van der Waals surface area contributed by atoms with E-state index in [1.807, 2.05) is 6.07 Å². The number of Topliss-reactive ketones (excluding diaryl/α,β-unsaturated/α-hetero) is 1. The highest BCUT2D eigenvalue weighted by molar-refractivity contribution is 6.09. The summed E-state index contributed by atoms with van der Waals surface area (Å²) in [7, 11) is 0. The summed E-state index contributed by atoms with van der Waals surface area (Å²) in [5.41, 5.74) is 4.58. The summed E-state index contributed by atoms with van der Waals surface area (Å²) in [6.45, 7) is 6.37. The van der Waals surface area contributed by atoms with E-state index in [1.54, 1.807) is 0 Å². The van der Waals surface area contributed by atoms with Gasteiger partial charge in [0.25, 0.3) is 0 Å². The molecule has 0 saturated carbocycles. The van der Waals surface area contributed by atoms with Gasteiger partial charge in [-0.3, -0.25) is 4.79 Å². The molecule has 0 amide bonds. The molecule has 2 heteroatoms. The molecule has 0 fully saturated rings. The van der Waals surface area contributed by atoms with Gasteiger partial charge in [0.05, 0.1) is 0 Å². The molecule has 21 heavy (non-hydrogen) atoms. The zero-order chi connectivity index (χ0) is 14.9. The van der Waals surface area contributed by atoms with Gasteiger partial charge in [0, 0.05) is 17.7 Å². The van der Waals surface area contributed by atoms with E-state index in [4.69, 9.17) is 0 Å². The Balaban J connectivity index is 1.92. The second-order valence-corrected chi connectivity index (χ2v) is 6.99. The summed E-state index contributed by atoms with van der Waals surface area (Å²) < 4.78 is 0. The van der Waals surface area contributed by atoms with E-state index in [9.17, 15) is 4.79 Å². The Morgan fingerprint density at radius 3 is 2.90 bits per heavy atom. The minimum absolute atomic E-state index is 0.00500. The van der Waals surface area contributed by atoms with Crippen molar-refractivity contribution in [3.63, 3.8) is 0 Å². The predicted molar refractivity (Wildman–Crippen MR) is 86.5 cm³/mol. The van der Waals surface area contributed by atoms with Gasteiger partial charge in [-0.2, -0.15) is 0 Å². The molecule has 0 atom stereocenters. The van der Waals surface area contributed by atoms with Gasteiger partial charge in [-0.1, -0.05) is 38.5 Å². The molecule has 1 aliphatic heterocycles. The highest BCUT2D eigenvalue weighted by atomic mass is 16.1. The Kier molecular flexibility index (Phi) is 3.99. The molecule has 112 valence electrons. The van der Waals surface area contributed by atoms with Gasteiger partial charge in [-0.25, -0.2) is 0 Å². The molecule has 2 aliphatic rings. The lowest BCUT2D eigenvalue weighted by Crippen LogP contribution is -2.25. The summed E-state index contributed by atoms with van der Waals surface area (Å²) >= 11 is 0. The van der Waals surface area contributed by atoms with E-state index in [-0.39, 0.29) is 11.2 Å². The molecule has 2 nitrogen and oxygen atoms in total. The maximum absolute atomic E-state index is 13.0. The molecule has 1 aliphatic carbocycles. The van der Waals surface area contributed by atoms with E-state index in [1.165, 1.54) is 24.0 Å². The summed E-state index contributed by atoms with van der Waals surface area (Å²) in [5.74, 6) is 0.239. The van der Waals surface area contributed by atoms with Gasteiger partial charge < -0.3 is 5.32 Å². The first-order valence-electron chi connectivity index (χ1n) is 8.16. The molecule has 1 heterocycles. The Morgan fingerprint density at radius 1 is 1.19 bits per heavy atom. The summed E-state index contributed by atoms with van der Waals surface area (Å²) in [5, 5.41) is 3.38. The van der Waals surface area contributed by atoms with Crippen molar-refractivity contribution in [2.45, 2.75) is 52.5 Å². The average molecular weight is 283 g/mol. The van der Waals surface area contributed by atoms with Crippen LogP contribution in [0.1, 0.15) is 61.0 Å². The van der Waals surface area contributed by atoms with Gasteiger partial charge in [-0.05, 0) is 54.8 Å². The highest BCUT2D eigenvalue weighted by Gasteiger charge is 2.30. The van der Waals surface area contributed by atoms with Crippen molar-refractivity contribution in [1.82, 2.24) is 5.32 Å². The standard InChI is InChI=1S/C19H25NO/c1-19(2)10-5-3-4-6-17(19)18(21)15-7-8-16-13-20-11-9-14(16)12-15/h6-8,12,20H,3-5,9-11,13H2,1-2H3. The van der Waals surface area contributed by atoms with Crippen LogP contribution in [-0.2, 0) is 13.0 Å². The molecule has 3 rings (SSSR count). The first kappa shape index (κ1) is 14.5. The lowest BCUT2D eigenvalue weighted by molar-refractivity contribution is 0.100. The van der Waals surface area contributed by atoms with Crippen LogP contribution in [0.25, 0.3) is 0 Å². The van der Waals surface area contributed by atoms with Crippen LogP contribution in [0.4, 0.5) is 0 Å². The molecule has 1 aromatic carbocycles. The van der Waals surface area contributed by atoms with Crippen molar-refractivity contribution >= 4 is 5.78 Å². The summed E-state index contributed by atoms with van der Waals surface area (Å²) in [6, 6.07) is 6.26. The second kappa shape index (κ2) is 5.76. The number of ketones is 1. The lowest BCUT2D eigenvalue weighted by atomic mass is 9.77. The van der Waals surface area contributed by atoms with E-state index in [0.29, 0.717) is 0 Å². The van der Waals surface area contributed by atoms with E-state index in [0.717, 1.165) is 43.5 Å². The van der Waals surface area contributed by atoms with Crippen molar-refractivity contribution < 1.29 is 4.79 Å². The van der Waals surface area contributed by atoms with Crippen molar-refractivity contribution in [2.75, 3.05) is 6.54 Å². The molecule has 0 spiro atoms. The fourth-order valence-electron chi connectivity index (χ4n) is 3.54. The molecular weight excluding hydrogens is 258 g/mol. The zero-order valence-corrected chi connectivity index (χ0v) is 13.2. The quantitative estimate of drug-likeness (QED) is 0.830. The summed E-state index contributed by atoms with van der Waals surface area (Å²) in [4.78, 5) is 13.0. The molecular formula is C19H25NO. The second-order valence-electron chi connectivity index (χ2n) is 6.99. The summed E-state index contributed by atoms with van der Waals surface area (Å²) in [6.07, 6.45) is 7.79. The zero-order valence-electron chi connectivity index (χ0n) is 13.2. The van der Waals surface area contributed by atoms with E-state index in [2.05, 4.69) is 37.4 Å². The Bertz CT molecular complexity index is 583. The van der Waals surface area contributed by atoms with E-state index >= 15 is 0 Å². The van der Waals surface area contributed by atoms with Gasteiger partial charge in [0.2, 0.25) is 0 Å². The van der Waals surface area contributed by atoms with Gasteiger partial charge in [-0.15, -0.1) is 0 Å². The molecule has 0 radical (unpaired) electrons. The largest absolute Gasteiger partial charge is 0.312 e. The highest BCUT2D eigenvalue weighted by Crippen LogP contribution is 2.37. The first-order valence-corrected chi connectivity index (χ1v) is 8.16. The SMILES string of the molecule is CC1(C)CCCCC=C1C(=O)c1ccc2c(c1)CCNC2. The third-order valence-corrected chi connectivity index (χ3v) is 4.93. The van der Waals surface area contributed by atoms with Gasteiger partial charge in [0.15, 0.2) is 5.78 Å². The van der Waals surface area contributed by atoms with Crippen LogP contribution >= 0.6 is 0 Å². The first-order chi connectivity index (χ1) is 10.1. The minimum Gasteiger partial charge on any atom is -0.312 e. The Labute approximate surface area is 127 Å². The minimum atomic E-state index is 0.00500. The number of carbonyl (C=O) groups excluding carboxylic acids is 1. The average Bonchev–Trinajstić information content (AvgIpc) is 2.66. The number of rotatable bonds is 2. The van der Waals surface area contributed by atoms with Gasteiger partial charge >= 0.3 is 0 Å². The third-order valence-electron chi connectivity index (χ3n) is 4.93. The fourth-order valence-corrected chi connectivity index (χ4v) is 3.54. The number of allylic oxidation sites excluding steroid dienone is 2. The molecule has 0 aromatic heterocycles. The van der Waals surface area contributed by atoms with Crippen LogP contribution in [0.2, 0.25) is 0 Å². The fraction of sp³-hybridized carbons (Fsp3) is 0.526. The van der Waals surface area contributed by atoms with Gasteiger partial charge in [0.1, 0.15) is 0 Å². The molecule has 0 unspecified atom stereocenters. The number of benzene rings is 1. The topological polar surface area (TPSA) is 29.1 Å². The van der Waals surface area contributed by atoms with E-state index < -0.39 is 0 Å². The maximum Gasteiger partial charge on any atom is 0.189 e. The number of carbonyl (C=O) groups is 1. The lowest BCUT2D eigenvalue weighted by Gasteiger charge is -2.26. The van der Waals surface area contributed by atoms with Crippen molar-refractivity contribution in [3.05, 3.63) is 46.5 Å². The van der Waals surface area contributed by atoms with Crippen LogP contribution in [0.3, 0.4) is 0 Å². The van der Waals surface area contributed by atoms with Crippen molar-refractivity contribution in [2.24, 2.45) is 5.41 Å². The molecule has 1 N–H and O–H groups in total. The van der Waals surface area contributed by atoms with Crippen molar-refractivity contribution in [1.29, 1.82) is 0 Å². The Morgan fingerprint density at radius 2 is 2.05 bits per heavy atom. The van der Waals surface area contributed by atoms with Crippen LogP contribution in [0, 0.1) is 5.41 Å². The molecule has 1 aromatic rings. The third kappa shape index (κ3) is 2.96. The Hall–Kier alpha value is -1.41. The smallest absolute Gasteiger partial charge is 0.189 e. The van der Waals surface area contributed by atoms with Crippen LogP contribution in [0.5, 0.6) is 0 Å². The number of nitrogens with one attached hydrogen (secondary N) is 1. The number of hydrogen-bond acceptors (Lipinski definition) is 2. The number of fused-ring (bicyclic) bond motifs is 1. The molecule has 0 saturated heterocycles. The normalized spacial score (nSPS) is 21.1. The number of hydrogen-bond donors (Lipinski definition) is 1. The van der Waals surface area contributed by atoms with Crippen molar-refractivity contribution in [3.8, 4) is 0 Å². The van der Waals surface area contributed by atoms with Crippen LogP contribution in [0.15, 0.2) is 29.8 Å².